The van der Waals surface area contributed by atoms with E-state index in [2.05, 4.69) is 71.1 Å². The molecule has 8 atom stereocenters. The van der Waals surface area contributed by atoms with Crippen molar-refractivity contribution in [1.29, 1.82) is 0 Å². The van der Waals surface area contributed by atoms with Crippen LogP contribution < -0.4 is 16.0 Å². The quantitative estimate of drug-likeness (QED) is 0.0323. The van der Waals surface area contributed by atoms with E-state index in [4.69, 9.17) is 28.2 Å². The Morgan fingerprint density at radius 3 is 2.70 bits per heavy atom. The van der Waals surface area contributed by atoms with Crippen LogP contribution in [0.3, 0.4) is 0 Å². The molecule has 0 radical (unpaired) electrons. The molecule has 7 heterocycles. The van der Waals surface area contributed by atoms with Crippen LogP contribution in [0.2, 0.25) is 0 Å². The highest BCUT2D eigenvalue weighted by atomic mass is 32.7. The fraction of sp³-hybridized carbons (Fsp3) is 0.607. The number of aromatic nitrogens is 7. The Kier molecular flexibility index (Phi) is 12.0. The van der Waals surface area contributed by atoms with Gasteiger partial charge in [-0.1, -0.05) is 12.2 Å². The van der Waals surface area contributed by atoms with Crippen LogP contribution in [0.5, 0.6) is 0 Å². The summed E-state index contributed by atoms with van der Waals surface area (Å²) in [5.41, 5.74) is 2.46. The van der Waals surface area contributed by atoms with E-state index in [9.17, 15) is 24.6 Å². The summed E-state index contributed by atoms with van der Waals surface area (Å²) in [4.78, 5) is 41.2. The van der Waals surface area contributed by atoms with Gasteiger partial charge in [0.1, 0.15) is 54.9 Å². The lowest BCUT2D eigenvalue weighted by Crippen LogP contribution is -2.35. The SMILES string of the molecule is O=P(S)(OC[C@@H]1CC[C@H](n2cc3c4c(ncnc42)NCCC3)O1)O[C@@H]1[C@H](O)[C@@H](COP(O)(O)=S)O[C@H]1n1cnc2c(NCCN[C@@H](O)CO)ncnc21. The number of ether oxygens (including phenoxy) is 2. The number of nitrogens with one attached hydrogen (secondary N) is 3. The number of hydrogen-bond donors (Lipinski definition) is 9. The molecule has 25 heteroatoms. The first kappa shape index (κ1) is 38.8. The molecule has 4 aromatic rings. The summed E-state index contributed by atoms with van der Waals surface area (Å²) < 4.78 is 46.0. The van der Waals surface area contributed by atoms with Crippen LogP contribution in [0.1, 0.15) is 37.3 Å². The van der Waals surface area contributed by atoms with E-state index in [0.29, 0.717) is 30.7 Å². The number of nitrogens with zero attached hydrogens (tertiary/aromatic N) is 7. The summed E-state index contributed by atoms with van der Waals surface area (Å²) in [5.74, 6) is 1.13. The first-order valence-corrected chi connectivity index (χ1v) is 22.1. The number of thiol groups is 1. The minimum atomic E-state index is -4.22. The standard InChI is InChI=1S/C28H40N10O11P2S2/c39-9-18(40)29-6-7-31-25-21-27(35-13-33-25)38(14-36-21)28-23(22(41)17(48-28)11-45-50(42,43)52)49-51(44,53)46-10-16-3-4-19(47-16)37-8-15-2-1-5-30-24-20(15)26(37)34-12-32-24/h8,12-14,16-19,22-23,28-29,39-41H,1-7,9-11H2,(H,44,53)(H,30,32,34)(H,31,33,35)(H2,42,43,52)/t16-,17+,18-,19+,22+,23+,28+,51?/m0/s1. The zero-order valence-electron chi connectivity index (χ0n) is 28.0. The molecule has 0 aliphatic carbocycles. The molecule has 3 aliphatic heterocycles. The Morgan fingerprint density at radius 2 is 1.89 bits per heavy atom. The van der Waals surface area contributed by atoms with Gasteiger partial charge in [-0.25, -0.2) is 29.5 Å². The van der Waals surface area contributed by atoms with Crippen LogP contribution in [0.15, 0.2) is 25.2 Å². The Hall–Kier alpha value is -2.44. The third-order valence-corrected chi connectivity index (χ3v) is 11.4. The highest BCUT2D eigenvalue weighted by molar-refractivity contribution is 8.44. The van der Waals surface area contributed by atoms with Crippen LogP contribution in [-0.4, -0.2) is 129 Å². The van der Waals surface area contributed by atoms with Crippen LogP contribution in [0.25, 0.3) is 22.2 Å². The molecule has 2 fully saturated rings. The topological polar surface area (TPSA) is 275 Å². The predicted octanol–water partition coefficient (Wildman–Crippen LogP) is 0.543. The summed E-state index contributed by atoms with van der Waals surface area (Å²) in [6, 6.07) is 0. The van der Waals surface area contributed by atoms with Crippen LogP contribution in [0.4, 0.5) is 11.6 Å². The summed E-state index contributed by atoms with van der Waals surface area (Å²) in [7, 11) is 0. The highest BCUT2D eigenvalue weighted by Gasteiger charge is 2.49. The molecule has 3 aliphatic rings. The van der Waals surface area contributed by atoms with E-state index in [0.717, 1.165) is 41.8 Å². The van der Waals surface area contributed by atoms with Gasteiger partial charge in [0.15, 0.2) is 23.2 Å². The second kappa shape index (κ2) is 16.3. The van der Waals surface area contributed by atoms with Crippen molar-refractivity contribution in [2.75, 3.05) is 50.1 Å². The zero-order chi connectivity index (χ0) is 37.3. The van der Waals surface area contributed by atoms with Crippen molar-refractivity contribution in [2.24, 2.45) is 0 Å². The average molecular weight is 819 g/mol. The molecule has 4 aromatic heterocycles. The molecule has 53 heavy (non-hydrogen) atoms. The van der Waals surface area contributed by atoms with Crippen LogP contribution in [-0.2, 0) is 45.8 Å². The molecule has 0 bridgehead atoms. The molecule has 0 spiro atoms. The van der Waals surface area contributed by atoms with Gasteiger partial charge < -0.3 is 54.3 Å². The van der Waals surface area contributed by atoms with Gasteiger partial charge in [0.2, 0.25) is 0 Å². The third kappa shape index (κ3) is 8.85. The summed E-state index contributed by atoms with van der Waals surface area (Å²) in [6.07, 6.45) is 2.01. The first-order valence-electron chi connectivity index (χ1n) is 16.8. The minimum absolute atomic E-state index is 0.134. The summed E-state index contributed by atoms with van der Waals surface area (Å²) >= 11 is 8.78. The lowest BCUT2D eigenvalue weighted by atomic mass is 10.1. The fourth-order valence-electron chi connectivity index (χ4n) is 6.58. The van der Waals surface area contributed by atoms with Crippen molar-refractivity contribution in [2.45, 2.75) is 68.8 Å². The van der Waals surface area contributed by atoms with Gasteiger partial charge in [-0.05, 0) is 43.1 Å². The molecule has 8 N–H and O–H groups in total. The molecule has 21 nitrogen and oxygen atoms in total. The molecule has 0 saturated carbocycles. The molecule has 0 amide bonds. The van der Waals surface area contributed by atoms with E-state index < -0.39 is 63.6 Å². The molecule has 7 rings (SSSR count). The molecule has 0 aromatic carbocycles. The number of imidazole rings is 1. The number of rotatable bonds is 16. The van der Waals surface area contributed by atoms with Crippen molar-refractivity contribution >= 4 is 71.4 Å². The van der Waals surface area contributed by atoms with Gasteiger partial charge in [0, 0.05) is 25.8 Å². The van der Waals surface area contributed by atoms with Gasteiger partial charge in [-0.3, -0.25) is 18.9 Å². The molecular weight excluding hydrogens is 778 g/mol. The van der Waals surface area contributed by atoms with E-state index in [1.54, 1.807) is 0 Å². The Bertz CT molecular complexity index is 2010. The van der Waals surface area contributed by atoms with E-state index >= 15 is 0 Å². The first-order chi connectivity index (χ1) is 25.4. The molecule has 2 saturated heterocycles. The normalized spacial score (nSPS) is 26.5. The van der Waals surface area contributed by atoms with Crippen molar-refractivity contribution in [3.8, 4) is 0 Å². The smallest absolute Gasteiger partial charge is 0.386 e. The number of hydrogen-bond acceptors (Lipinski definition) is 18. The largest absolute Gasteiger partial charge is 0.392 e. The lowest BCUT2D eigenvalue weighted by Gasteiger charge is -2.25. The number of anilines is 2. The molecule has 290 valence electrons. The monoisotopic (exact) mass is 818 g/mol. The molecular formula is C28H40N10O11P2S2. The Labute approximate surface area is 312 Å². The Balaban J connectivity index is 1.04. The second-order valence-corrected chi connectivity index (χ2v) is 18.1. The number of fused-ring (bicyclic) bond motifs is 1. The van der Waals surface area contributed by atoms with Gasteiger partial charge in [0.25, 0.3) is 0 Å². The van der Waals surface area contributed by atoms with Gasteiger partial charge in [0.05, 0.1) is 37.6 Å². The maximum atomic E-state index is 13.7. The van der Waals surface area contributed by atoms with Gasteiger partial charge in [-0.15, -0.1) is 0 Å². The lowest BCUT2D eigenvalue weighted by molar-refractivity contribution is -0.0479. The third-order valence-electron chi connectivity index (χ3n) is 9.00. The molecule has 1 unspecified atom stereocenters. The summed E-state index contributed by atoms with van der Waals surface area (Å²) in [6.45, 7) is -8.04. The minimum Gasteiger partial charge on any atom is -0.392 e. The van der Waals surface area contributed by atoms with Crippen molar-refractivity contribution in [1.82, 2.24) is 39.4 Å². The average Bonchev–Trinajstić information content (AvgIpc) is 3.89. The second-order valence-electron chi connectivity index (χ2n) is 12.6. The maximum Gasteiger partial charge on any atom is 0.386 e. The van der Waals surface area contributed by atoms with E-state index in [1.807, 2.05) is 4.57 Å². The van der Waals surface area contributed by atoms with Gasteiger partial charge >= 0.3 is 13.5 Å². The predicted molar refractivity (Wildman–Crippen MR) is 194 cm³/mol. The van der Waals surface area contributed by atoms with Crippen molar-refractivity contribution in [3.05, 3.63) is 30.7 Å². The van der Waals surface area contributed by atoms with Gasteiger partial charge in [-0.2, -0.15) is 0 Å². The van der Waals surface area contributed by atoms with Crippen molar-refractivity contribution < 1.29 is 52.7 Å². The van der Waals surface area contributed by atoms with Crippen LogP contribution >= 0.6 is 25.8 Å². The zero-order valence-corrected chi connectivity index (χ0v) is 31.5. The fourth-order valence-corrected chi connectivity index (χ4v) is 8.58. The number of aryl methyl sites for hydroxylation is 1. The summed E-state index contributed by atoms with van der Waals surface area (Å²) in [5, 5.41) is 39.9. The Morgan fingerprint density at radius 1 is 1.08 bits per heavy atom. The van der Waals surface area contributed by atoms with E-state index in [1.165, 1.54) is 23.5 Å². The number of aliphatic hydroxyl groups is 3. The number of aliphatic hydroxyl groups excluding tert-OH is 3. The van der Waals surface area contributed by atoms with E-state index in [-0.39, 0.29) is 25.0 Å². The van der Waals surface area contributed by atoms with Crippen LogP contribution in [0, 0.1) is 0 Å². The highest BCUT2D eigenvalue weighted by Crippen LogP contribution is 2.57. The maximum absolute atomic E-state index is 13.7. The van der Waals surface area contributed by atoms with Crippen molar-refractivity contribution in [3.63, 3.8) is 0 Å².